The Kier molecular flexibility index (Phi) is 2.89. The summed E-state index contributed by atoms with van der Waals surface area (Å²) in [6.07, 6.45) is 1.57. The van der Waals surface area contributed by atoms with Crippen molar-refractivity contribution in [3.05, 3.63) is 52.6 Å². The topological polar surface area (TPSA) is 30.7 Å². The van der Waals surface area contributed by atoms with Crippen molar-refractivity contribution in [2.45, 2.75) is 6.92 Å². The molecule has 18 heavy (non-hydrogen) atoms. The predicted molar refractivity (Wildman–Crippen MR) is 74.4 cm³/mol. The fourth-order valence-electron chi connectivity index (χ4n) is 1.77. The SMILES string of the molecule is Cc1ccsc1-c1ncnn1-c1ccc(Cl)cc1. The van der Waals surface area contributed by atoms with Crippen molar-refractivity contribution < 1.29 is 0 Å². The lowest BCUT2D eigenvalue weighted by molar-refractivity contribution is 0.888. The van der Waals surface area contributed by atoms with Crippen LogP contribution in [0, 0.1) is 6.92 Å². The van der Waals surface area contributed by atoms with Crippen LogP contribution in [0.1, 0.15) is 5.56 Å². The van der Waals surface area contributed by atoms with Crippen LogP contribution in [0.15, 0.2) is 42.0 Å². The lowest BCUT2D eigenvalue weighted by Crippen LogP contribution is -1.98. The summed E-state index contributed by atoms with van der Waals surface area (Å²) in [4.78, 5) is 5.49. The summed E-state index contributed by atoms with van der Waals surface area (Å²) < 4.78 is 1.83. The van der Waals surface area contributed by atoms with Gasteiger partial charge in [-0.05, 0) is 48.2 Å². The fourth-order valence-corrected chi connectivity index (χ4v) is 2.80. The van der Waals surface area contributed by atoms with Gasteiger partial charge in [0.25, 0.3) is 0 Å². The minimum absolute atomic E-state index is 0.715. The van der Waals surface area contributed by atoms with E-state index in [2.05, 4.69) is 28.5 Å². The molecule has 5 heteroatoms. The minimum atomic E-state index is 0.715. The van der Waals surface area contributed by atoms with E-state index < -0.39 is 0 Å². The van der Waals surface area contributed by atoms with Crippen LogP contribution in [-0.4, -0.2) is 14.8 Å². The van der Waals surface area contributed by atoms with E-state index in [-0.39, 0.29) is 0 Å². The third-order valence-corrected chi connectivity index (χ3v) is 3.95. The summed E-state index contributed by atoms with van der Waals surface area (Å²) >= 11 is 7.56. The molecule has 0 radical (unpaired) electrons. The Morgan fingerprint density at radius 3 is 2.61 bits per heavy atom. The summed E-state index contributed by atoms with van der Waals surface area (Å²) in [6, 6.07) is 9.65. The molecule has 0 spiro atoms. The van der Waals surface area contributed by atoms with Gasteiger partial charge in [-0.15, -0.1) is 11.3 Å². The van der Waals surface area contributed by atoms with Crippen LogP contribution in [0.5, 0.6) is 0 Å². The molecule has 0 saturated carbocycles. The average Bonchev–Trinajstić information content (AvgIpc) is 2.98. The lowest BCUT2D eigenvalue weighted by atomic mass is 10.2. The van der Waals surface area contributed by atoms with Crippen molar-refractivity contribution in [2.75, 3.05) is 0 Å². The highest BCUT2D eigenvalue weighted by atomic mass is 35.5. The quantitative estimate of drug-likeness (QED) is 0.709. The Morgan fingerprint density at radius 1 is 1.17 bits per heavy atom. The second kappa shape index (κ2) is 4.55. The molecule has 0 N–H and O–H groups in total. The maximum Gasteiger partial charge on any atom is 0.173 e. The number of benzene rings is 1. The standard InChI is InChI=1S/C13H10ClN3S/c1-9-6-7-18-12(9)13-15-8-16-17(13)11-4-2-10(14)3-5-11/h2-8H,1H3. The van der Waals surface area contributed by atoms with Crippen molar-refractivity contribution in [2.24, 2.45) is 0 Å². The molecule has 3 nitrogen and oxygen atoms in total. The number of halogens is 1. The van der Waals surface area contributed by atoms with Gasteiger partial charge in [0.1, 0.15) is 6.33 Å². The summed E-state index contributed by atoms with van der Waals surface area (Å²) in [5.74, 6) is 0.866. The smallest absolute Gasteiger partial charge is 0.173 e. The maximum absolute atomic E-state index is 5.89. The Bertz CT molecular complexity index is 670. The monoisotopic (exact) mass is 275 g/mol. The molecule has 2 aromatic heterocycles. The zero-order valence-corrected chi connectivity index (χ0v) is 11.2. The highest BCUT2D eigenvalue weighted by Gasteiger charge is 2.12. The van der Waals surface area contributed by atoms with Crippen LogP contribution < -0.4 is 0 Å². The molecule has 0 unspecified atom stereocenters. The summed E-state index contributed by atoms with van der Waals surface area (Å²) in [5.41, 5.74) is 2.17. The van der Waals surface area contributed by atoms with Gasteiger partial charge < -0.3 is 0 Å². The number of nitrogens with zero attached hydrogens (tertiary/aromatic N) is 3. The number of hydrogen-bond acceptors (Lipinski definition) is 3. The number of aryl methyl sites for hydroxylation is 1. The van der Waals surface area contributed by atoms with Crippen molar-refractivity contribution >= 4 is 22.9 Å². The van der Waals surface area contributed by atoms with E-state index in [9.17, 15) is 0 Å². The predicted octanol–water partition coefficient (Wildman–Crippen LogP) is 3.96. The average molecular weight is 276 g/mol. The number of hydrogen-bond donors (Lipinski definition) is 0. The minimum Gasteiger partial charge on any atom is -0.214 e. The van der Waals surface area contributed by atoms with Gasteiger partial charge in [0.15, 0.2) is 5.82 Å². The van der Waals surface area contributed by atoms with E-state index in [1.54, 1.807) is 17.7 Å². The van der Waals surface area contributed by atoms with Crippen molar-refractivity contribution in [1.29, 1.82) is 0 Å². The largest absolute Gasteiger partial charge is 0.214 e. The molecular formula is C13H10ClN3S. The highest BCUT2D eigenvalue weighted by molar-refractivity contribution is 7.13. The number of rotatable bonds is 2. The van der Waals surface area contributed by atoms with Crippen LogP contribution in [0.25, 0.3) is 16.4 Å². The van der Waals surface area contributed by atoms with Crippen LogP contribution in [-0.2, 0) is 0 Å². The molecule has 0 aliphatic carbocycles. The molecule has 0 amide bonds. The zero-order chi connectivity index (χ0) is 12.5. The van der Waals surface area contributed by atoms with Crippen LogP contribution in [0.2, 0.25) is 5.02 Å². The molecule has 0 fully saturated rings. The van der Waals surface area contributed by atoms with Gasteiger partial charge in [-0.1, -0.05) is 11.6 Å². The van der Waals surface area contributed by atoms with E-state index >= 15 is 0 Å². The first-order valence-corrected chi connectivity index (χ1v) is 6.72. The molecule has 90 valence electrons. The van der Waals surface area contributed by atoms with Crippen LogP contribution >= 0.6 is 22.9 Å². The molecule has 3 aromatic rings. The number of aromatic nitrogens is 3. The number of thiophene rings is 1. The van der Waals surface area contributed by atoms with Gasteiger partial charge in [0.2, 0.25) is 0 Å². The normalized spacial score (nSPS) is 10.8. The van der Waals surface area contributed by atoms with Gasteiger partial charge >= 0.3 is 0 Å². The van der Waals surface area contributed by atoms with E-state index in [1.807, 2.05) is 28.9 Å². The third-order valence-electron chi connectivity index (χ3n) is 2.68. The zero-order valence-electron chi connectivity index (χ0n) is 9.67. The molecule has 0 aliphatic heterocycles. The Morgan fingerprint density at radius 2 is 1.94 bits per heavy atom. The van der Waals surface area contributed by atoms with Crippen LogP contribution in [0.3, 0.4) is 0 Å². The molecule has 0 atom stereocenters. The van der Waals surface area contributed by atoms with Crippen molar-refractivity contribution in [3.8, 4) is 16.4 Å². The molecule has 2 heterocycles. The van der Waals surface area contributed by atoms with E-state index in [4.69, 9.17) is 11.6 Å². The van der Waals surface area contributed by atoms with Gasteiger partial charge in [-0.25, -0.2) is 9.67 Å². The Hall–Kier alpha value is -1.65. The van der Waals surface area contributed by atoms with Crippen molar-refractivity contribution in [3.63, 3.8) is 0 Å². The summed E-state index contributed by atoms with van der Waals surface area (Å²) in [7, 11) is 0. The second-order valence-electron chi connectivity index (χ2n) is 3.90. The Balaban J connectivity index is 2.12. The molecular weight excluding hydrogens is 266 g/mol. The highest BCUT2D eigenvalue weighted by Crippen LogP contribution is 2.28. The molecule has 0 aliphatic rings. The van der Waals surface area contributed by atoms with Crippen molar-refractivity contribution in [1.82, 2.24) is 14.8 Å². The molecule has 0 bridgehead atoms. The Labute approximate surface area is 114 Å². The first-order chi connectivity index (χ1) is 8.75. The van der Waals surface area contributed by atoms with E-state index in [0.717, 1.165) is 16.4 Å². The van der Waals surface area contributed by atoms with Gasteiger partial charge in [-0.3, -0.25) is 0 Å². The molecule has 0 saturated heterocycles. The second-order valence-corrected chi connectivity index (χ2v) is 5.26. The maximum atomic E-state index is 5.89. The molecule has 1 aromatic carbocycles. The van der Waals surface area contributed by atoms with Crippen LogP contribution in [0.4, 0.5) is 0 Å². The van der Waals surface area contributed by atoms with Gasteiger partial charge in [0.05, 0.1) is 10.6 Å². The van der Waals surface area contributed by atoms with E-state index in [1.165, 1.54) is 5.56 Å². The lowest BCUT2D eigenvalue weighted by Gasteiger charge is -2.05. The van der Waals surface area contributed by atoms with Gasteiger partial charge in [0, 0.05) is 5.02 Å². The summed E-state index contributed by atoms with van der Waals surface area (Å²) in [5, 5.41) is 7.06. The summed E-state index contributed by atoms with van der Waals surface area (Å²) in [6.45, 7) is 2.08. The van der Waals surface area contributed by atoms with Gasteiger partial charge in [-0.2, -0.15) is 5.10 Å². The first-order valence-electron chi connectivity index (χ1n) is 5.46. The first kappa shape index (κ1) is 11.4. The van der Waals surface area contributed by atoms with E-state index in [0.29, 0.717) is 5.02 Å². The molecule has 3 rings (SSSR count). The fraction of sp³-hybridized carbons (Fsp3) is 0.0769. The third kappa shape index (κ3) is 1.94.